The number of esters is 1. The van der Waals surface area contributed by atoms with Crippen LogP contribution in [0.5, 0.6) is 0 Å². The van der Waals surface area contributed by atoms with Crippen molar-refractivity contribution in [1.82, 2.24) is 0 Å². The van der Waals surface area contributed by atoms with Gasteiger partial charge in [0, 0.05) is 0 Å². The van der Waals surface area contributed by atoms with E-state index in [4.69, 9.17) is 4.74 Å². The molecule has 0 aromatic heterocycles. The van der Waals surface area contributed by atoms with Crippen LogP contribution in [0, 0.1) is 17.3 Å². The minimum Gasteiger partial charge on any atom is -0.462 e. The van der Waals surface area contributed by atoms with Gasteiger partial charge in [0.05, 0.1) is 12.0 Å². The lowest BCUT2D eigenvalue weighted by Crippen LogP contribution is -2.14. The smallest absolute Gasteiger partial charge is 0.309 e. The minimum absolute atomic E-state index is 0.0236. The molecule has 1 fully saturated rings. The highest BCUT2D eigenvalue weighted by molar-refractivity contribution is 5.74. The van der Waals surface area contributed by atoms with Crippen LogP contribution in [-0.2, 0) is 9.53 Å². The summed E-state index contributed by atoms with van der Waals surface area (Å²) in [6, 6.07) is 0. The Balaban J connectivity index is 2.27. The number of cyclic esters (lactones) is 1. The first-order chi connectivity index (χ1) is 7.28. The summed E-state index contributed by atoms with van der Waals surface area (Å²) in [4.78, 5) is 11.5. The second kappa shape index (κ2) is 5.20. The van der Waals surface area contributed by atoms with Crippen molar-refractivity contribution in [2.24, 2.45) is 17.3 Å². The van der Waals surface area contributed by atoms with E-state index in [2.05, 4.69) is 27.7 Å². The maximum Gasteiger partial charge on any atom is 0.309 e. The van der Waals surface area contributed by atoms with E-state index in [1.807, 2.05) is 6.92 Å². The molecule has 2 nitrogen and oxygen atoms in total. The molecule has 0 aromatic carbocycles. The summed E-state index contributed by atoms with van der Waals surface area (Å²) in [6.07, 6.45) is 4.42. The highest BCUT2D eigenvalue weighted by Crippen LogP contribution is 2.31. The molecule has 1 rings (SSSR count). The van der Waals surface area contributed by atoms with Crippen molar-refractivity contribution in [3.05, 3.63) is 0 Å². The molecular formula is C14H26O2. The number of hydrogen-bond donors (Lipinski definition) is 0. The third-order valence-electron chi connectivity index (χ3n) is 3.24. The van der Waals surface area contributed by atoms with Crippen LogP contribution in [0.2, 0.25) is 0 Å². The number of rotatable bonds is 4. The first-order valence-corrected chi connectivity index (χ1v) is 6.48. The first kappa shape index (κ1) is 13.5. The fourth-order valence-electron chi connectivity index (χ4n) is 2.71. The Bertz CT molecular complexity index is 240. The lowest BCUT2D eigenvalue weighted by atomic mass is 9.82. The number of carbonyl (C=O) groups is 1. The molecule has 0 bridgehead atoms. The molecule has 1 heterocycles. The molecule has 1 aliphatic rings. The molecule has 0 amide bonds. The standard InChI is InChI=1S/C14H26O2/c1-10(9-14(3,4)5)6-7-12-8-11(2)16-13(12)15/h10-12H,6-9H2,1-5H3/t10-,11+,12-/m1/s1. The van der Waals surface area contributed by atoms with Gasteiger partial charge in [-0.25, -0.2) is 0 Å². The van der Waals surface area contributed by atoms with Gasteiger partial charge in [0.25, 0.3) is 0 Å². The molecule has 0 N–H and O–H groups in total. The molecule has 1 saturated heterocycles. The van der Waals surface area contributed by atoms with Gasteiger partial charge < -0.3 is 4.74 Å². The molecule has 94 valence electrons. The van der Waals surface area contributed by atoms with Crippen molar-refractivity contribution in [2.75, 3.05) is 0 Å². The summed E-state index contributed by atoms with van der Waals surface area (Å²) in [5.74, 6) is 0.886. The Labute approximate surface area is 99.8 Å². The molecule has 0 aromatic rings. The van der Waals surface area contributed by atoms with E-state index in [0.29, 0.717) is 11.3 Å². The Morgan fingerprint density at radius 1 is 1.44 bits per heavy atom. The molecule has 3 atom stereocenters. The zero-order valence-electron chi connectivity index (χ0n) is 11.4. The number of hydrogen-bond acceptors (Lipinski definition) is 2. The Hall–Kier alpha value is -0.530. The van der Waals surface area contributed by atoms with Crippen LogP contribution in [0.1, 0.15) is 60.3 Å². The van der Waals surface area contributed by atoms with Gasteiger partial charge in [0.1, 0.15) is 0 Å². The molecule has 0 saturated carbocycles. The lowest BCUT2D eigenvalue weighted by Gasteiger charge is -2.23. The maximum absolute atomic E-state index is 11.5. The highest BCUT2D eigenvalue weighted by Gasteiger charge is 2.31. The van der Waals surface area contributed by atoms with Crippen molar-refractivity contribution in [3.8, 4) is 0 Å². The van der Waals surface area contributed by atoms with E-state index in [1.54, 1.807) is 0 Å². The second-order valence-corrected chi connectivity index (χ2v) is 6.63. The Morgan fingerprint density at radius 2 is 2.06 bits per heavy atom. The van der Waals surface area contributed by atoms with Gasteiger partial charge in [-0.05, 0) is 43.9 Å². The van der Waals surface area contributed by atoms with Crippen LogP contribution in [0.3, 0.4) is 0 Å². The molecule has 16 heavy (non-hydrogen) atoms. The predicted octanol–water partition coefficient (Wildman–Crippen LogP) is 3.79. The summed E-state index contributed by atoms with van der Waals surface area (Å²) in [5.41, 5.74) is 0.392. The maximum atomic E-state index is 11.5. The minimum atomic E-state index is 0.0236. The predicted molar refractivity (Wildman–Crippen MR) is 66.1 cm³/mol. The quantitative estimate of drug-likeness (QED) is 0.682. The van der Waals surface area contributed by atoms with E-state index >= 15 is 0 Å². The molecular weight excluding hydrogens is 200 g/mol. The van der Waals surface area contributed by atoms with Gasteiger partial charge >= 0.3 is 5.97 Å². The van der Waals surface area contributed by atoms with Gasteiger partial charge in [-0.3, -0.25) is 4.79 Å². The average Bonchev–Trinajstić information content (AvgIpc) is 2.38. The summed E-state index contributed by atoms with van der Waals surface area (Å²) < 4.78 is 5.17. The molecule has 0 aliphatic carbocycles. The first-order valence-electron chi connectivity index (χ1n) is 6.48. The normalized spacial score (nSPS) is 27.9. The van der Waals surface area contributed by atoms with Gasteiger partial charge in [0.15, 0.2) is 0 Å². The van der Waals surface area contributed by atoms with Crippen LogP contribution in [0.25, 0.3) is 0 Å². The lowest BCUT2D eigenvalue weighted by molar-refractivity contribution is -0.144. The highest BCUT2D eigenvalue weighted by atomic mass is 16.5. The molecule has 0 unspecified atom stereocenters. The van der Waals surface area contributed by atoms with Gasteiger partial charge in [-0.2, -0.15) is 0 Å². The van der Waals surface area contributed by atoms with Crippen molar-refractivity contribution < 1.29 is 9.53 Å². The fraction of sp³-hybridized carbons (Fsp3) is 0.929. The Kier molecular flexibility index (Phi) is 4.40. The fourth-order valence-corrected chi connectivity index (χ4v) is 2.71. The zero-order chi connectivity index (χ0) is 12.3. The van der Waals surface area contributed by atoms with Crippen molar-refractivity contribution in [3.63, 3.8) is 0 Å². The third kappa shape index (κ3) is 4.54. The van der Waals surface area contributed by atoms with Crippen LogP contribution in [0.15, 0.2) is 0 Å². The molecule has 2 heteroatoms. The van der Waals surface area contributed by atoms with Crippen molar-refractivity contribution in [2.45, 2.75) is 66.4 Å². The van der Waals surface area contributed by atoms with Gasteiger partial charge in [-0.15, -0.1) is 0 Å². The summed E-state index contributed by atoms with van der Waals surface area (Å²) >= 11 is 0. The van der Waals surface area contributed by atoms with Gasteiger partial charge in [-0.1, -0.05) is 27.7 Å². The third-order valence-corrected chi connectivity index (χ3v) is 3.24. The van der Waals surface area contributed by atoms with E-state index in [1.165, 1.54) is 6.42 Å². The van der Waals surface area contributed by atoms with E-state index in [0.717, 1.165) is 19.3 Å². The number of carbonyl (C=O) groups excluding carboxylic acids is 1. The SMILES string of the molecule is C[C@H](CC[C@@H]1C[C@H](C)OC1=O)CC(C)(C)C. The van der Waals surface area contributed by atoms with Crippen LogP contribution in [-0.4, -0.2) is 12.1 Å². The molecule has 1 aliphatic heterocycles. The summed E-state index contributed by atoms with van der Waals surface area (Å²) in [7, 11) is 0. The second-order valence-electron chi connectivity index (χ2n) is 6.63. The van der Waals surface area contributed by atoms with Crippen LogP contribution in [0.4, 0.5) is 0 Å². The van der Waals surface area contributed by atoms with Crippen LogP contribution < -0.4 is 0 Å². The summed E-state index contributed by atoms with van der Waals surface area (Å²) in [6.45, 7) is 11.1. The van der Waals surface area contributed by atoms with Crippen molar-refractivity contribution >= 4 is 5.97 Å². The molecule has 0 radical (unpaired) electrons. The Morgan fingerprint density at radius 3 is 2.50 bits per heavy atom. The van der Waals surface area contributed by atoms with E-state index in [-0.39, 0.29) is 18.0 Å². The summed E-state index contributed by atoms with van der Waals surface area (Å²) in [5, 5.41) is 0. The number of ether oxygens (including phenoxy) is 1. The topological polar surface area (TPSA) is 26.3 Å². The molecule has 0 spiro atoms. The largest absolute Gasteiger partial charge is 0.462 e. The zero-order valence-corrected chi connectivity index (χ0v) is 11.4. The van der Waals surface area contributed by atoms with Crippen molar-refractivity contribution in [1.29, 1.82) is 0 Å². The average molecular weight is 226 g/mol. The van der Waals surface area contributed by atoms with E-state index < -0.39 is 0 Å². The van der Waals surface area contributed by atoms with E-state index in [9.17, 15) is 4.79 Å². The van der Waals surface area contributed by atoms with Crippen LogP contribution >= 0.6 is 0 Å². The monoisotopic (exact) mass is 226 g/mol. The van der Waals surface area contributed by atoms with Gasteiger partial charge in [0.2, 0.25) is 0 Å².